The molecular weight excluding hydrogens is 370 g/mol. The smallest absolute Gasteiger partial charge is 0.337 e. The molecular formula is C23H27NO5. The first-order valence-electron chi connectivity index (χ1n) is 9.90. The fourth-order valence-corrected chi connectivity index (χ4v) is 3.62. The monoisotopic (exact) mass is 397 g/mol. The molecule has 0 heterocycles. The lowest BCUT2D eigenvalue weighted by molar-refractivity contribution is -0.121. The van der Waals surface area contributed by atoms with Gasteiger partial charge in [-0.25, -0.2) is 4.79 Å². The Morgan fingerprint density at radius 3 is 2.48 bits per heavy atom. The van der Waals surface area contributed by atoms with Crippen LogP contribution < -0.4 is 5.32 Å². The molecule has 2 N–H and O–H groups in total. The number of amides is 1. The second-order valence-corrected chi connectivity index (χ2v) is 7.43. The van der Waals surface area contributed by atoms with Gasteiger partial charge in [-0.3, -0.25) is 4.79 Å². The summed E-state index contributed by atoms with van der Waals surface area (Å²) in [6.07, 6.45) is 3.42. The number of rotatable bonds is 7. The molecule has 1 aliphatic carbocycles. The van der Waals surface area contributed by atoms with Crippen LogP contribution in [0.15, 0.2) is 48.5 Å². The Bertz CT molecular complexity index is 828. The molecule has 0 aromatic heterocycles. The molecule has 0 atom stereocenters. The highest BCUT2D eigenvalue weighted by Crippen LogP contribution is 2.31. The van der Waals surface area contributed by atoms with Gasteiger partial charge in [0, 0.05) is 12.5 Å². The van der Waals surface area contributed by atoms with E-state index in [2.05, 4.69) is 10.1 Å². The Hall–Kier alpha value is -2.86. The summed E-state index contributed by atoms with van der Waals surface area (Å²) >= 11 is 0. The summed E-state index contributed by atoms with van der Waals surface area (Å²) in [5, 5.41) is 12.7. The number of aromatic hydroxyl groups is 1. The lowest BCUT2D eigenvalue weighted by Crippen LogP contribution is -2.28. The third kappa shape index (κ3) is 5.81. The molecule has 1 fully saturated rings. The minimum atomic E-state index is -0.517. The van der Waals surface area contributed by atoms with Crippen molar-refractivity contribution in [1.82, 2.24) is 0 Å². The van der Waals surface area contributed by atoms with Gasteiger partial charge < -0.3 is 19.9 Å². The van der Waals surface area contributed by atoms with Gasteiger partial charge in [-0.15, -0.1) is 0 Å². The van der Waals surface area contributed by atoms with Gasteiger partial charge in [0.15, 0.2) is 0 Å². The van der Waals surface area contributed by atoms with E-state index in [1.807, 2.05) is 30.3 Å². The molecule has 0 bridgehead atoms. The highest BCUT2D eigenvalue weighted by atomic mass is 16.5. The Balaban J connectivity index is 1.46. The number of esters is 1. The van der Waals surface area contributed by atoms with Crippen LogP contribution in [0.25, 0.3) is 0 Å². The van der Waals surface area contributed by atoms with Crippen LogP contribution in [0.4, 0.5) is 5.69 Å². The lowest BCUT2D eigenvalue weighted by Gasteiger charge is -2.27. The number of carbonyl (C=O) groups excluding carboxylic acids is 2. The third-order valence-electron chi connectivity index (χ3n) is 5.36. The van der Waals surface area contributed by atoms with Gasteiger partial charge in [-0.1, -0.05) is 30.3 Å². The largest absolute Gasteiger partial charge is 0.506 e. The van der Waals surface area contributed by atoms with Crippen LogP contribution in [0.5, 0.6) is 5.75 Å². The average Bonchev–Trinajstić information content (AvgIpc) is 2.76. The zero-order valence-corrected chi connectivity index (χ0v) is 16.6. The second-order valence-electron chi connectivity index (χ2n) is 7.43. The number of nitrogens with one attached hydrogen (secondary N) is 1. The van der Waals surface area contributed by atoms with Gasteiger partial charge in [0.25, 0.3) is 0 Å². The number of hydrogen-bond acceptors (Lipinski definition) is 5. The Kier molecular flexibility index (Phi) is 7.25. The molecule has 6 nitrogen and oxygen atoms in total. The van der Waals surface area contributed by atoms with E-state index in [1.54, 1.807) is 0 Å². The molecule has 2 aromatic rings. The average molecular weight is 397 g/mol. The SMILES string of the molecule is COC(=O)c1ccc(O)c(NC(=O)C2CCC(COCc3ccccc3)CC2)c1. The molecule has 1 saturated carbocycles. The first-order valence-corrected chi connectivity index (χ1v) is 9.90. The number of phenolic OH excluding ortho intramolecular Hbond substituents is 1. The van der Waals surface area contributed by atoms with Crippen molar-refractivity contribution in [3.8, 4) is 5.75 Å². The topological polar surface area (TPSA) is 84.9 Å². The van der Waals surface area contributed by atoms with E-state index >= 15 is 0 Å². The Labute approximate surface area is 170 Å². The summed E-state index contributed by atoms with van der Waals surface area (Å²) in [5.74, 6) is -0.378. The van der Waals surface area contributed by atoms with Gasteiger partial charge in [0.1, 0.15) is 5.75 Å². The minimum Gasteiger partial charge on any atom is -0.506 e. The zero-order valence-electron chi connectivity index (χ0n) is 16.6. The van der Waals surface area contributed by atoms with Crippen molar-refractivity contribution in [2.24, 2.45) is 11.8 Å². The minimum absolute atomic E-state index is 0.0750. The number of methoxy groups -OCH3 is 1. The van der Waals surface area contributed by atoms with Gasteiger partial charge in [-0.2, -0.15) is 0 Å². The number of benzene rings is 2. The molecule has 3 rings (SSSR count). The number of phenols is 1. The van der Waals surface area contributed by atoms with Crippen molar-refractivity contribution in [2.45, 2.75) is 32.3 Å². The molecule has 0 saturated heterocycles. The Morgan fingerprint density at radius 2 is 1.79 bits per heavy atom. The summed E-state index contributed by atoms with van der Waals surface area (Å²) in [7, 11) is 1.29. The molecule has 0 radical (unpaired) electrons. The predicted octanol–water partition coefficient (Wildman–Crippen LogP) is 4.14. The standard InChI is InChI=1S/C23H27NO5/c1-28-23(27)19-11-12-21(25)20(13-19)24-22(26)18-9-7-17(8-10-18)15-29-14-16-5-3-2-4-6-16/h2-6,11-13,17-18,25H,7-10,14-15H2,1H3,(H,24,26). The van der Waals surface area contributed by atoms with Crippen LogP contribution in [-0.2, 0) is 20.9 Å². The van der Waals surface area contributed by atoms with E-state index in [9.17, 15) is 14.7 Å². The zero-order chi connectivity index (χ0) is 20.6. The first kappa shape index (κ1) is 20.9. The van der Waals surface area contributed by atoms with Crippen molar-refractivity contribution in [1.29, 1.82) is 0 Å². The van der Waals surface area contributed by atoms with Crippen molar-refractivity contribution >= 4 is 17.6 Å². The van der Waals surface area contributed by atoms with Crippen LogP contribution in [0.1, 0.15) is 41.6 Å². The molecule has 6 heteroatoms. The second kappa shape index (κ2) is 10.1. The summed E-state index contributed by atoms with van der Waals surface area (Å²) in [6, 6.07) is 14.4. The van der Waals surface area contributed by atoms with Crippen molar-refractivity contribution in [3.63, 3.8) is 0 Å². The van der Waals surface area contributed by atoms with E-state index in [-0.39, 0.29) is 28.8 Å². The molecule has 2 aromatic carbocycles. The quantitative estimate of drug-likeness (QED) is 0.542. The molecule has 154 valence electrons. The summed E-state index contributed by atoms with van der Waals surface area (Å²) in [4.78, 5) is 24.3. The first-order chi connectivity index (χ1) is 14.1. The maximum atomic E-state index is 12.6. The fraction of sp³-hybridized carbons (Fsp3) is 0.391. The van der Waals surface area contributed by atoms with Crippen LogP contribution in [0.2, 0.25) is 0 Å². The van der Waals surface area contributed by atoms with E-state index in [4.69, 9.17) is 4.74 Å². The normalized spacial score (nSPS) is 18.8. The highest BCUT2D eigenvalue weighted by molar-refractivity contribution is 5.97. The molecule has 29 heavy (non-hydrogen) atoms. The lowest BCUT2D eigenvalue weighted by atomic mass is 9.82. The number of anilines is 1. The van der Waals surface area contributed by atoms with E-state index in [0.717, 1.165) is 31.2 Å². The van der Waals surface area contributed by atoms with Crippen LogP contribution in [0.3, 0.4) is 0 Å². The van der Waals surface area contributed by atoms with Crippen molar-refractivity contribution in [3.05, 3.63) is 59.7 Å². The van der Waals surface area contributed by atoms with Crippen molar-refractivity contribution in [2.75, 3.05) is 19.0 Å². The molecule has 0 spiro atoms. The maximum Gasteiger partial charge on any atom is 0.337 e. The summed E-state index contributed by atoms with van der Waals surface area (Å²) in [5.41, 5.74) is 1.67. The van der Waals surface area contributed by atoms with Crippen LogP contribution in [0, 0.1) is 11.8 Å². The van der Waals surface area contributed by atoms with E-state index in [1.165, 1.54) is 25.3 Å². The highest BCUT2D eigenvalue weighted by Gasteiger charge is 2.27. The van der Waals surface area contributed by atoms with Crippen LogP contribution in [-0.4, -0.2) is 30.7 Å². The van der Waals surface area contributed by atoms with Gasteiger partial charge >= 0.3 is 5.97 Å². The maximum absolute atomic E-state index is 12.6. The van der Waals surface area contributed by atoms with Gasteiger partial charge in [0.2, 0.25) is 5.91 Å². The molecule has 0 aliphatic heterocycles. The summed E-state index contributed by atoms with van der Waals surface area (Å²) in [6.45, 7) is 1.31. The number of carbonyl (C=O) groups is 2. The fourth-order valence-electron chi connectivity index (χ4n) is 3.62. The van der Waals surface area contributed by atoms with Crippen molar-refractivity contribution < 1.29 is 24.2 Å². The van der Waals surface area contributed by atoms with Gasteiger partial charge in [-0.05, 0) is 55.4 Å². The summed E-state index contributed by atoms with van der Waals surface area (Å²) < 4.78 is 10.5. The number of ether oxygens (including phenoxy) is 2. The third-order valence-corrected chi connectivity index (χ3v) is 5.36. The predicted molar refractivity (Wildman–Crippen MR) is 110 cm³/mol. The van der Waals surface area contributed by atoms with Crippen LogP contribution >= 0.6 is 0 Å². The molecule has 1 aliphatic rings. The van der Waals surface area contributed by atoms with Gasteiger partial charge in [0.05, 0.1) is 25.0 Å². The van der Waals surface area contributed by atoms with E-state index < -0.39 is 5.97 Å². The molecule has 0 unspecified atom stereocenters. The number of hydrogen-bond donors (Lipinski definition) is 2. The van der Waals surface area contributed by atoms with E-state index in [0.29, 0.717) is 19.1 Å². The molecule has 1 amide bonds. The Morgan fingerprint density at radius 1 is 1.07 bits per heavy atom.